The van der Waals surface area contributed by atoms with Gasteiger partial charge in [-0.15, -0.1) is 0 Å². The number of aliphatic hydroxyl groups excluding tert-OH is 2. The van der Waals surface area contributed by atoms with Gasteiger partial charge in [0.1, 0.15) is 53.8 Å². The number of ether oxygens (including phenoxy) is 8. The van der Waals surface area contributed by atoms with Crippen LogP contribution in [0, 0.1) is 35.5 Å². The number of Topliss-reactive ketones (excluding diaryl/α,β-unsaturated/α-hetero) is 2. The second-order valence-electron chi connectivity index (χ2n) is 38.7. The van der Waals surface area contributed by atoms with Gasteiger partial charge in [0.15, 0.2) is 17.0 Å². The number of nitrogens with zero attached hydrogens (tertiary/aromatic N) is 15. The van der Waals surface area contributed by atoms with E-state index in [-0.39, 0.29) is 106 Å². The molecule has 14 rings (SSSR count). The predicted molar refractivity (Wildman–Crippen MR) is 524 cm³/mol. The zero-order chi connectivity index (χ0) is 100. The van der Waals surface area contributed by atoms with E-state index in [9.17, 15) is 53.7 Å². The van der Waals surface area contributed by atoms with E-state index in [4.69, 9.17) is 58.9 Å². The molecular formula is C102H139N19O20. The number of aromatic nitrogens is 9. The third kappa shape index (κ3) is 27.0. The number of aliphatic hydroxyl groups is 3. The highest BCUT2D eigenvalue weighted by molar-refractivity contribution is 6.39. The first-order valence-electron chi connectivity index (χ1n) is 49.6. The number of oxazole rings is 1. The van der Waals surface area contributed by atoms with Crippen molar-refractivity contribution in [2.75, 3.05) is 148 Å². The number of cyclic esters (lactones) is 1. The van der Waals surface area contributed by atoms with Gasteiger partial charge in [-0.1, -0.05) is 89.3 Å². The summed E-state index contributed by atoms with van der Waals surface area (Å²) < 4.78 is 55.7. The predicted octanol–water partition coefficient (Wildman–Crippen LogP) is 8.25. The molecule has 7 aromatic rings. The summed E-state index contributed by atoms with van der Waals surface area (Å²) in [6.07, 6.45) is 17.7. The number of benzene rings is 2. The molecule has 11 heterocycles. The molecule has 0 spiro atoms. The fraction of sp³-hybridized carbons (Fsp3) is 0.588. The first-order chi connectivity index (χ1) is 67.9. The summed E-state index contributed by atoms with van der Waals surface area (Å²) in [7, 11) is 4.65. The molecule has 6 aliphatic heterocycles. The van der Waals surface area contributed by atoms with Gasteiger partial charge < -0.3 is 104 Å². The number of carbonyl (C=O) groups is 8. The number of allylic oxidation sites excluding steroid dienone is 5. The Kier molecular flexibility index (Phi) is 36.8. The lowest BCUT2D eigenvalue weighted by atomic mass is 9.78. The highest BCUT2D eigenvalue weighted by Gasteiger charge is 2.54. The minimum absolute atomic E-state index is 0.00145. The van der Waals surface area contributed by atoms with Crippen molar-refractivity contribution in [2.45, 2.75) is 225 Å². The van der Waals surface area contributed by atoms with Crippen molar-refractivity contribution < 1.29 is 96.0 Å². The molecule has 9 N–H and O–H groups in total. The highest BCUT2D eigenvalue weighted by Crippen LogP contribution is 2.41. The summed E-state index contributed by atoms with van der Waals surface area (Å²) >= 11 is 0. The average Bonchev–Trinajstić information content (AvgIpc) is 1.61. The van der Waals surface area contributed by atoms with Crippen molar-refractivity contribution in [3.05, 3.63) is 143 Å². The highest BCUT2D eigenvalue weighted by atomic mass is 16.6. The minimum Gasteiger partial charge on any atom is -0.460 e. The second kappa shape index (κ2) is 49.4. The maximum absolute atomic E-state index is 14.9. The SMILES string of the molecule is CO[C@H]1C[C@@H]2CC[C@@H](C)[C@@](O)(O2)C(=O)C(=O)N2CCCC[C@H]2C(=O)O[C@H]([C@H](C)C[C@@H]2CC[C@@H](OC(=O)NCCOCCC(=O)NCc3cnc(N4CCN(C(=O)CCOCCN5CCN(c6ncc(C(=O)N7CCc8cc(Cn9nc(-c%10ccc%11oc(N)nc%11c%10)c%10c(N)ncnc%109)ccc8C7)cn6)CC5)CC4)nc3)[C@H](OC)C2)C[C@@H](OC)[C@H](C)/C=C(\C)[C@@H](O)[C@@H](O)C(=O)[C@H](C)C[C@H](C)/C=C/C=CC=C1C. The van der Waals surface area contributed by atoms with Crippen LogP contribution in [0.3, 0.4) is 0 Å². The maximum atomic E-state index is 14.9. The Morgan fingerprint density at radius 1 is 0.681 bits per heavy atom. The maximum Gasteiger partial charge on any atom is 0.407 e. The van der Waals surface area contributed by atoms with Crippen molar-refractivity contribution in [1.29, 1.82) is 0 Å². The van der Waals surface area contributed by atoms with Crippen molar-refractivity contribution in [2.24, 2.45) is 35.5 Å². The Morgan fingerprint density at radius 3 is 2.16 bits per heavy atom. The van der Waals surface area contributed by atoms with E-state index in [0.29, 0.717) is 205 Å². The summed E-state index contributed by atoms with van der Waals surface area (Å²) in [5.74, 6) is -7.02. The number of nitrogens with one attached hydrogen (secondary N) is 2. The van der Waals surface area contributed by atoms with Gasteiger partial charge in [-0.2, -0.15) is 10.1 Å². The molecule has 7 aliphatic rings. The first kappa shape index (κ1) is 105. The number of fused-ring (bicyclic) bond motifs is 6. The van der Waals surface area contributed by atoms with E-state index in [2.05, 4.69) is 73.5 Å². The molecule has 1 aliphatic carbocycles. The number of esters is 1. The van der Waals surface area contributed by atoms with E-state index in [0.717, 1.165) is 40.9 Å². The number of piperazine rings is 2. The lowest BCUT2D eigenvalue weighted by Gasteiger charge is -2.43. The van der Waals surface area contributed by atoms with Crippen LogP contribution in [0.4, 0.5) is 28.5 Å². The Hall–Kier alpha value is -11.7. The molecule has 5 fully saturated rings. The molecule has 1 saturated carbocycles. The van der Waals surface area contributed by atoms with Crippen molar-refractivity contribution in [3.8, 4) is 11.3 Å². The van der Waals surface area contributed by atoms with Crippen LogP contribution in [0.2, 0.25) is 0 Å². The number of hydrogen-bond acceptors (Lipinski definition) is 33. The largest absolute Gasteiger partial charge is 0.460 e. The van der Waals surface area contributed by atoms with Crippen LogP contribution < -0.4 is 31.9 Å². The molecule has 16 atom stereocenters. The van der Waals surface area contributed by atoms with Gasteiger partial charge in [-0.05, 0) is 148 Å². The average molecular weight is 1950 g/mol. The first-order valence-corrected chi connectivity index (χ1v) is 49.6. The molecular weight excluding hydrogens is 1810 g/mol. The molecule has 4 saturated heterocycles. The summed E-state index contributed by atoms with van der Waals surface area (Å²) in [6.45, 7) is 21.4. The summed E-state index contributed by atoms with van der Waals surface area (Å²) in [6, 6.07) is 10.7. The van der Waals surface area contributed by atoms with Crippen LogP contribution in [0.5, 0.6) is 0 Å². The van der Waals surface area contributed by atoms with Crippen LogP contribution in [0.15, 0.2) is 120 Å². The number of rotatable bonds is 27. The van der Waals surface area contributed by atoms with E-state index in [1.807, 2.05) is 89.6 Å². The number of carbonyl (C=O) groups excluding carboxylic acids is 8. The number of alkyl carbamates (subject to hydrolysis) is 1. The molecule has 762 valence electrons. The normalized spacial score (nSPS) is 26.8. The fourth-order valence-electron chi connectivity index (χ4n) is 20.2. The molecule has 5 aromatic heterocycles. The Bertz CT molecular complexity index is 5580. The number of nitrogen functional groups attached to an aromatic ring is 2. The molecule has 2 aromatic carbocycles. The van der Waals surface area contributed by atoms with E-state index < -0.39 is 108 Å². The summed E-state index contributed by atoms with van der Waals surface area (Å²) in [5.41, 5.74) is 21.0. The quantitative estimate of drug-likeness (QED) is 0.0110. The van der Waals surface area contributed by atoms with Crippen molar-refractivity contribution in [1.82, 2.24) is 74.9 Å². The third-order valence-electron chi connectivity index (χ3n) is 28.7. The van der Waals surface area contributed by atoms with Gasteiger partial charge >= 0.3 is 12.1 Å². The number of methoxy groups -OCH3 is 3. The summed E-state index contributed by atoms with van der Waals surface area (Å²) in [5, 5.41) is 46.3. The number of ketones is 2. The van der Waals surface area contributed by atoms with E-state index in [1.54, 1.807) is 71.9 Å². The number of piperidine rings is 1. The van der Waals surface area contributed by atoms with Crippen LogP contribution in [0.25, 0.3) is 33.4 Å². The second-order valence-corrected chi connectivity index (χ2v) is 38.7. The number of nitrogens with two attached hydrogens (primary N) is 2. The standard InChI is InChI=1S/C102H139N19O20/c1-62-16-12-11-13-17-63(2)81(133-8)52-76-24-19-68(7)102(132,141-76)92(127)96(129)120-31-15-14-18-78(120)97(130)138-83(53-82(134-9)64(3)47-67(6)90(125)91(126)89(124)66(5)46-62)65(4)48-69-21-25-80(84(50-69)135-10)140-101(131)105-30-44-136-42-28-85(122)106-54-71-55-107-99(108-56-71)118-39-37-116(38-40-118)86(123)29-43-137-45-41-115-33-35-117(36-34-115)100-109-57-75(58-110-100)95(128)119-32-27-72-49-70(20-22-74(72)60-119)59-121-94-87(93(103)111-61-112-94)88(114-121)73-23-26-79-77(51-73)113-98(104)139-79/h11-13,16-17,20,22-23,26,47,49,51,55-58,61-62,64-66,68-69,76,78,80-84,90-91,125-126,132H,14-15,18-19,21,24-25,27-46,48,50,52-54,59-60H2,1-10H3,(H2,104,113)(H,105,131)(H,106,122)(H2,103,111,112)/b13-11?,16-12+,63-17?,67-47+/t62-,64-,65-,66-,68-,69+,76+,78+,80-,81+,82-,83+,84-,90-,91+,102-/m1/s1. The number of hydrogen-bond donors (Lipinski definition) is 7. The van der Waals surface area contributed by atoms with Gasteiger partial charge in [-0.3, -0.25) is 33.7 Å². The third-order valence-corrected chi connectivity index (χ3v) is 28.7. The van der Waals surface area contributed by atoms with Gasteiger partial charge in [0.25, 0.3) is 23.6 Å². The number of amides is 5. The van der Waals surface area contributed by atoms with Crippen molar-refractivity contribution >= 4 is 93.1 Å². The molecule has 5 amide bonds. The van der Waals surface area contributed by atoms with Gasteiger partial charge in [0, 0.05) is 186 Å². The van der Waals surface area contributed by atoms with Gasteiger partial charge in [0.05, 0.1) is 74.8 Å². The Balaban J connectivity index is 0.462. The zero-order valence-electron chi connectivity index (χ0n) is 82.7. The minimum atomic E-state index is -2.48. The van der Waals surface area contributed by atoms with E-state index in [1.165, 1.54) is 18.3 Å². The fourth-order valence-corrected chi connectivity index (χ4v) is 20.2. The van der Waals surface area contributed by atoms with Crippen LogP contribution in [0.1, 0.15) is 171 Å². The zero-order valence-corrected chi connectivity index (χ0v) is 82.7. The van der Waals surface area contributed by atoms with Crippen molar-refractivity contribution in [3.63, 3.8) is 0 Å². The smallest absolute Gasteiger partial charge is 0.407 e. The van der Waals surface area contributed by atoms with Gasteiger partial charge in [0.2, 0.25) is 29.5 Å². The van der Waals surface area contributed by atoms with Crippen LogP contribution >= 0.6 is 0 Å². The molecule has 39 heteroatoms. The lowest BCUT2D eigenvalue weighted by Crippen LogP contribution is -2.61. The van der Waals surface area contributed by atoms with Crippen LogP contribution in [-0.2, 0) is 92.7 Å². The Morgan fingerprint density at radius 2 is 1.41 bits per heavy atom. The molecule has 0 radical (unpaired) electrons. The van der Waals surface area contributed by atoms with Gasteiger partial charge in [-0.25, -0.2) is 44.2 Å². The monoisotopic (exact) mass is 1950 g/mol. The lowest BCUT2D eigenvalue weighted by molar-refractivity contribution is -0.265. The summed E-state index contributed by atoms with van der Waals surface area (Å²) in [4.78, 5) is 154. The topological polar surface area (TPSA) is 488 Å². The van der Waals surface area contributed by atoms with Crippen LogP contribution in [-0.4, -0.2) is 314 Å². The van der Waals surface area contributed by atoms with E-state index >= 15 is 0 Å². The number of anilines is 4. The molecule has 39 nitrogen and oxygen atoms in total. The molecule has 141 heavy (non-hydrogen) atoms. The molecule has 2 bridgehead atoms. The molecule has 0 unspecified atom stereocenters. The Labute approximate surface area is 822 Å².